The van der Waals surface area contributed by atoms with Crippen molar-refractivity contribution in [3.63, 3.8) is 0 Å². The number of benzene rings is 2. The molecule has 1 aromatic heterocycles. The first-order chi connectivity index (χ1) is 14.2. The van der Waals surface area contributed by atoms with E-state index in [-0.39, 0.29) is 0 Å². The van der Waals surface area contributed by atoms with E-state index in [1.807, 2.05) is 18.2 Å². The van der Waals surface area contributed by atoms with Gasteiger partial charge in [-0.15, -0.1) is 0 Å². The van der Waals surface area contributed by atoms with Crippen LogP contribution in [0.15, 0.2) is 60.9 Å². The third-order valence-electron chi connectivity index (χ3n) is 5.22. The van der Waals surface area contributed by atoms with Crippen LogP contribution in [-0.4, -0.2) is 48.2 Å². The molecule has 6 heteroatoms. The van der Waals surface area contributed by atoms with E-state index in [1.165, 1.54) is 5.56 Å². The summed E-state index contributed by atoms with van der Waals surface area (Å²) in [4.78, 5) is 13.7. The third kappa shape index (κ3) is 4.84. The lowest BCUT2D eigenvalue weighted by molar-refractivity contribution is 0.249. The molecule has 0 aliphatic carbocycles. The van der Waals surface area contributed by atoms with Gasteiger partial charge in [0.25, 0.3) is 0 Å². The van der Waals surface area contributed by atoms with E-state index in [9.17, 15) is 0 Å². The fourth-order valence-corrected chi connectivity index (χ4v) is 3.62. The largest absolute Gasteiger partial charge is 0.495 e. The Labute approximate surface area is 172 Å². The molecule has 0 amide bonds. The molecule has 1 aliphatic heterocycles. The standard InChI is InChI=1S/C23H27N5O/c1-18-8-9-21(29-2)20(14-18)26-22-15-23(25-17-24-22)28-12-10-27(11-13-28)16-19-6-4-3-5-7-19/h3-9,14-15,17H,10-13,16H2,1-2H3,(H,24,25,26). The van der Waals surface area contributed by atoms with Crippen LogP contribution in [0.4, 0.5) is 17.3 Å². The van der Waals surface area contributed by atoms with Crippen LogP contribution in [0.5, 0.6) is 5.75 Å². The Morgan fingerprint density at radius 3 is 2.52 bits per heavy atom. The Balaban J connectivity index is 1.40. The number of hydrogen-bond acceptors (Lipinski definition) is 6. The summed E-state index contributed by atoms with van der Waals surface area (Å²) in [6.07, 6.45) is 1.62. The Hall–Kier alpha value is -3.12. The van der Waals surface area contributed by atoms with Crippen molar-refractivity contribution in [2.24, 2.45) is 0 Å². The molecule has 6 nitrogen and oxygen atoms in total. The number of nitrogens with zero attached hydrogens (tertiary/aromatic N) is 4. The zero-order valence-corrected chi connectivity index (χ0v) is 17.0. The van der Waals surface area contributed by atoms with Gasteiger partial charge < -0.3 is 15.0 Å². The van der Waals surface area contributed by atoms with Crippen LogP contribution in [0.25, 0.3) is 0 Å². The van der Waals surface area contributed by atoms with Crippen molar-refractivity contribution in [3.8, 4) is 5.75 Å². The lowest BCUT2D eigenvalue weighted by atomic mass is 10.2. The normalized spacial score (nSPS) is 14.6. The second-order valence-corrected chi connectivity index (χ2v) is 7.34. The second-order valence-electron chi connectivity index (χ2n) is 7.34. The van der Waals surface area contributed by atoms with Crippen LogP contribution in [-0.2, 0) is 6.54 Å². The maximum Gasteiger partial charge on any atom is 0.142 e. The Kier molecular flexibility index (Phi) is 5.91. The van der Waals surface area contributed by atoms with E-state index >= 15 is 0 Å². The minimum atomic E-state index is 0.769. The molecule has 150 valence electrons. The number of methoxy groups -OCH3 is 1. The predicted octanol–water partition coefficient (Wildman–Crippen LogP) is 3.86. The SMILES string of the molecule is COc1ccc(C)cc1Nc1cc(N2CCN(Cc3ccccc3)CC2)ncn1. The highest BCUT2D eigenvalue weighted by molar-refractivity contribution is 5.66. The quantitative estimate of drug-likeness (QED) is 0.691. The number of aryl methyl sites for hydroxylation is 1. The van der Waals surface area contributed by atoms with Crippen molar-refractivity contribution in [2.75, 3.05) is 43.5 Å². The molecule has 1 saturated heterocycles. The molecule has 0 spiro atoms. The van der Waals surface area contributed by atoms with Gasteiger partial charge in [0.15, 0.2) is 0 Å². The molecule has 0 radical (unpaired) electrons. The topological polar surface area (TPSA) is 53.5 Å². The van der Waals surface area contributed by atoms with Crippen molar-refractivity contribution in [1.82, 2.24) is 14.9 Å². The van der Waals surface area contributed by atoms with Gasteiger partial charge >= 0.3 is 0 Å². The van der Waals surface area contributed by atoms with Crippen molar-refractivity contribution in [3.05, 3.63) is 72.1 Å². The maximum absolute atomic E-state index is 5.46. The molecule has 2 heterocycles. The number of aromatic nitrogens is 2. The van der Waals surface area contributed by atoms with Crippen molar-refractivity contribution in [2.45, 2.75) is 13.5 Å². The molecule has 2 aromatic carbocycles. The van der Waals surface area contributed by atoms with Crippen LogP contribution in [0.1, 0.15) is 11.1 Å². The summed E-state index contributed by atoms with van der Waals surface area (Å²) in [7, 11) is 1.68. The van der Waals surface area contributed by atoms with Crippen molar-refractivity contribution < 1.29 is 4.74 Å². The first-order valence-corrected chi connectivity index (χ1v) is 9.96. The summed E-state index contributed by atoms with van der Waals surface area (Å²) in [5.74, 6) is 2.52. The van der Waals surface area contributed by atoms with E-state index in [2.05, 4.69) is 68.4 Å². The van der Waals surface area contributed by atoms with Gasteiger partial charge in [0, 0.05) is 38.8 Å². The summed E-state index contributed by atoms with van der Waals surface area (Å²) < 4.78 is 5.46. The monoisotopic (exact) mass is 389 g/mol. The Morgan fingerprint density at radius 1 is 0.966 bits per heavy atom. The first kappa shape index (κ1) is 19.2. The summed E-state index contributed by atoms with van der Waals surface area (Å²) in [6, 6.07) is 18.7. The van der Waals surface area contributed by atoms with Gasteiger partial charge in [-0.3, -0.25) is 4.90 Å². The van der Waals surface area contributed by atoms with E-state index in [4.69, 9.17) is 4.74 Å². The number of rotatable bonds is 6. The summed E-state index contributed by atoms with van der Waals surface area (Å²) in [5, 5.41) is 3.37. The summed E-state index contributed by atoms with van der Waals surface area (Å²) in [6.45, 7) is 7.01. The number of anilines is 3. The van der Waals surface area contributed by atoms with E-state index in [0.29, 0.717) is 0 Å². The first-order valence-electron chi connectivity index (χ1n) is 9.96. The fourth-order valence-electron chi connectivity index (χ4n) is 3.62. The minimum absolute atomic E-state index is 0.769. The highest BCUT2D eigenvalue weighted by Gasteiger charge is 2.18. The van der Waals surface area contributed by atoms with Crippen LogP contribution < -0.4 is 15.0 Å². The molecule has 0 unspecified atom stereocenters. The molecule has 29 heavy (non-hydrogen) atoms. The lowest BCUT2D eigenvalue weighted by Gasteiger charge is -2.35. The molecular formula is C23H27N5O. The van der Waals surface area contributed by atoms with Gasteiger partial charge in [0.2, 0.25) is 0 Å². The molecule has 0 atom stereocenters. The van der Waals surface area contributed by atoms with Gasteiger partial charge in [0.1, 0.15) is 23.7 Å². The zero-order valence-electron chi connectivity index (χ0n) is 17.0. The van der Waals surface area contributed by atoms with Crippen LogP contribution >= 0.6 is 0 Å². The second kappa shape index (κ2) is 8.92. The molecular weight excluding hydrogens is 362 g/mol. The van der Waals surface area contributed by atoms with Gasteiger partial charge in [-0.05, 0) is 30.2 Å². The predicted molar refractivity (Wildman–Crippen MR) is 117 cm³/mol. The Bertz CT molecular complexity index is 939. The Morgan fingerprint density at radius 2 is 1.76 bits per heavy atom. The molecule has 0 saturated carbocycles. The van der Waals surface area contributed by atoms with Crippen LogP contribution in [0, 0.1) is 6.92 Å². The fraction of sp³-hybridized carbons (Fsp3) is 0.304. The van der Waals surface area contributed by atoms with Gasteiger partial charge in [-0.1, -0.05) is 36.4 Å². The summed E-state index contributed by atoms with van der Waals surface area (Å²) >= 11 is 0. The molecule has 1 N–H and O–H groups in total. The van der Waals surface area contributed by atoms with Crippen LogP contribution in [0.2, 0.25) is 0 Å². The molecule has 0 bridgehead atoms. The lowest BCUT2D eigenvalue weighted by Crippen LogP contribution is -2.46. The smallest absolute Gasteiger partial charge is 0.142 e. The van der Waals surface area contributed by atoms with Gasteiger partial charge in [-0.2, -0.15) is 0 Å². The zero-order chi connectivity index (χ0) is 20.1. The van der Waals surface area contributed by atoms with Gasteiger partial charge in [-0.25, -0.2) is 9.97 Å². The average Bonchev–Trinajstić information content (AvgIpc) is 2.75. The van der Waals surface area contributed by atoms with Crippen molar-refractivity contribution >= 4 is 17.3 Å². The molecule has 4 rings (SSSR count). The number of hydrogen-bond donors (Lipinski definition) is 1. The minimum Gasteiger partial charge on any atom is -0.495 e. The number of nitrogens with one attached hydrogen (secondary N) is 1. The maximum atomic E-state index is 5.46. The van der Waals surface area contributed by atoms with E-state index in [1.54, 1.807) is 13.4 Å². The highest BCUT2D eigenvalue weighted by Crippen LogP contribution is 2.28. The van der Waals surface area contributed by atoms with Gasteiger partial charge in [0.05, 0.1) is 12.8 Å². The third-order valence-corrected chi connectivity index (χ3v) is 5.22. The highest BCUT2D eigenvalue weighted by atomic mass is 16.5. The molecule has 1 fully saturated rings. The molecule has 1 aliphatic rings. The average molecular weight is 390 g/mol. The van der Waals surface area contributed by atoms with E-state index in [0.717, 1.165) is 61.4 Å². The summed E-state index contributed by atoms with van der Waals surface area (Å²) in [5.41, 5.74) is 3.43. The molecule has 3 aromatic rings. The number of piperazine rings is 1. The van der Waals surface area contributed by atoms with E-state index < -0.39 is 0 Å². The number of ether oxygens (including phenoxy) is 1. The van der Waals surface area contributed by atoms with Crippen molar-refractivity contribution in [1.29, 1.82) is 0 Å². The van der Waals surface area contributed by atoms with Crippen LogP contribution in [0.3, 0.4) is 0 Å².